The van der Waals surface area contributed by atoms with Gasteiger partial charge in [-0.3, -0.25) is 0 Å². The summed E-state index contributed by atoms with van der Waals surface area (Å²) in [6, 6.07) is 20.8. The van der Waals surface area contributed by atoms with Crippen molar-refractivity contribution < 1.29 is 0 Å². The molecule has 1 N–H and O–H groups in total. The van der Waals surface area contributed by atoms with Gasteiger partial charge >= 0.3 is 0 Å². The molecule has 0 aliphatic carbocycles. The standard InChI is InChI=1S/C19H19N/c1-2-6-14(7-3-1)18-8-4-5-9-19(18)15-12-16-10-11-17(13-15)20-16/h1-9,12,16-17,20H,10-11,13H2. The normalized spacial score (nSPS) is 24.5. The lowest BCUT2D eigenvalue weighted by Gasteiger charge is -2.23. The van der Waals surface area contributed by atoms with E-state index in [9.17, 15) is 0 Å². The number of fused-ring (bicyclic) bond motifs is 2. The van der Waals surface area contributed by atoms with Crippen LogP contribution in [0.4, 0.5) is 0 Å². The van der Waals surface area contributed by atoms with E-state index in [1.165, 1.54) is 41.5 Å². The largest absolute Gasteiger partial charge is 0.307 e. The number of nitrogens with one attached hydrogen (secondary N) is 1. The zero-order valence-corrected chi connectivity index (χ0v) is 11.5. The Morgan fingerprint density at radius 2 is 1.55 bits per heavy atom. The van der Waals surface area contributed by atoms with E-state index >= 15 is 0 Å². The molecule has 2 atom stereocenters. The van der Waals surface area contributed by atoms with Crippen molar-refractivity contribution in [1.82, 2.24) is 5.32 Å². The summed E-state index contributed by atoms with van der Waals surface area (Å²) >= 11 is 0. The lowest BCUT2D eigenvalue weighted by atomic mass is 9.90. The third-order valence-electron chi connectivity index (χ3n) is 4.50. The Morgan fingerprint density at radius 1 is 0.800 bits per heavy atom. The maximum atomic E-state index is 3.67. The van der Waals surface area contributed by atoms with Crippen LogP contribution in [0.15, 0.2) is 60.7 Å². The van der Waals surface area contributed by atoms with Gasteiger partial charge in [-0.1, -0.05) is 60.7 Å². The summed E-state index contributed by atoms with van der Waals surface area (Å²) in [7, 11) is 0. The van der Waals surface area contributed by atoms with Gasteiger partial charge in [-0.25, -0.2) is 0 Å². The van der Waals surface area contributed by atoms with Crippen LogP contribution < -0.4 is 5.32 Å². The lowest BCUT2D eigenvalue weighted by Crippen LogP contribution is -2.32. The summed E-state index contributed by atoms with van der Waals surface area (Å²) in [6.45, 7) is 0. The molecule has 0 radical (unpaired) electrons. The summed E-state index contributed by atoms with van der Waals surface area (Å²) in [5, 5.41) is 3.67. The minimum atomic E-state index is 0.590. The van der Waals surface area contributed by atoms with E-state index in [1.807, 2.05) is 0 Å². The quantitative estimate of drug-likeness (QED) is 0.851. The molecule has 2 aromatic rings. The summed E-state index contributed by atoms with van der Waals surface area (Å²) < 4.78 is 0. The molecule has 0 spiro atoms. The van der Waals surface area contributed by atoms with Crippen LogP contribution in [0, 0.1) is 0 Å². The van der Waals surface area contributed by atoms with Gasteiger partial charge < -0.3 is 5.32 Å². The maximum absolute atomic E-state index is 3.67. The fourth-order valence-corrected chi connectivity index (χ4v) is 3.55. The summed E-state index contributed by atoms with van der Waals surface area (Å²) in [6.07, 6.45) is 6.23. The van der Waals surface area contributed by atoms with E-state index in [4.69, 9.17) is 0 Å². The first-order chi connectivity index (χ1) is 9.90. The van der Waals surface area contributed by atoms with Crippen LogP contribution in [0.3, 0.4) is 0 Å². The molecule has 2 bridgehead atoms. The molecule has 0 amide bonds. The number of hydrogen-bond acceptors (Lipinski definition) is 1. The van der Waals surface area contributed by atoms with Crippen molar-refractivity contribution >= 4 is 5.57 Å². The van der Waals surface area contributed by atoms with Gasteiger partial charge in [0.05, 0.1) is 0 Å². The van der Waals surface area contributed by atoms with Crippen LogP contribution in [-0.4, -0.2) is 12.1 Å². The van der Waals surface area contributed by atoms with Crippen LogP contribution in [0.5, 0.6) is 0 Å². The predicted molar refractivity (Wildman–Crippen MR) is 84.4 cm³/mol. The lowest BCUT2D eigenvalue weighted by molar-refractivity contribution is 0.575. The number of benzene rings is 2. The van der Waals surface area contributed by atoms with Crippen molar-refractivity contribution in [1.29, 1.82) is 0 Å². The van der Waals surface area contributed by atoms with Gasteiger partial charge in [0.2, 0.25) is 0 Å². The second-order valence-corrected chi connectivity index (χ2v) is 5.86. The van der Waals surface area contributed by atoms with Gasteiger partial charge in [-0.15, -0.1) is 0 Å². The highest BCUT2D eigenvalue weighted by atomic mass is 15.0. The molecule has 2 aliphatic rings. The van der Waals surface area contributed by atoms with Crippen molar-refractivity contribution in [2.24, 2.45) is 0 Å². The highest BCUT2D eigenvalue weighted by Crippen LogP contribution is 2.36. The molecular weight excluding hydrogens is 242 g/mol. The third kappa shape index (κ3) is 2.08. The van der Waals surface area contributed by atoms with Crippen LogP contribution in [0.1, 0.15) is 24.8 Å². The van der Waals surface area contributed by atoms with Crippen LogP contribution in [-0.2, 0) is 0 Å². The Balaban J connectivity index is 1.80. The van der Waals surface area contributed by atoms with Gasteiger partial charge in [0, 0.05) is 12.1 Å². The summed E-state index contributed by atoms with van der Waals surface area (Å²) in [5.41, 5.74) is 5.61. The molecule has 20 heavy (non-hydrogen) atoms. The molecule has 2 unspecified atom stereocenters. The van der Waals surface area contributed by atoms with E-state index in [0.29, 0.717) is 12.1 Å². The molecule has 2 heterocycles. The first-order valence-electron chi connectivity index (χ1n) is 7.52. The molecule has 100 valence electrons. The zero-order valence-electron chi connectivity index (χ0n) is 11.5. The average Bonchev–Trinajstić information content (AvgIpc) is 2.86. The van der Waals surface area contributed by atoms with Crippen molar-refractivity contribution in [2.75, 3.05) is 0 Å². The molecule has 0 aromatic heterocycles. The van der Waals surface area contributed by atoms with Crippen LogP contribution >= 0.6 is 0 Å². The molecule has 4 rings (SSSR count). The first-order valence-corrected chi connectivity index (χ1v) is 7.52. The third-order valence-corrected chi connectivity index (χ3v) is 4.50. The highest BCUT2D eigenvalue weighted by molar-refractivity contribution is 5.82. The summed E-state index contributed by atoms with van der Waals surface area (Å²) in [4.78, 5) is 0. The van der Waals surface area contributed by atoms with E-state index < -0.39 is 0 Å². The fraction of sp³-hybridized carbons (Fsp3) is 0.263. The van der Waals surface area contributed by atoms with Crippen molar-refractivity contribution in [3.63, 3.8) is 0 Å². The highest BCUT2D eigenvalue weighted by Gasteiger charge is 2.28. The molecule has 1 nitrogen and oxygen atoms in total. The fourth-order valence-electron chi connectivity index (χ4n) is 3.55. The Bertz CT molecular complexity index is 642. The number of hydrogen-bond donors (Lipinski definition) is 1. The maximum Gasteiger partial charge on any atom is 0.0259 e. The minimum Gasteiger partial charge on any atom is -0.307 e. The Morgan fingerprint density at radius 3 is 2.35 bits per heavy atom. The minimum absolute atomic E-state index is 0.590. The topological polar surface area (TPSA) is 12.0 Å². The van der Waals surface area contributed by atoms with Gasteiger partial charge in [0.1, 0.15) is 0 Å². The summed E-state index contributed by atoms with van der Waals surface area (Å²) in [5.74, 6) is 0. The molecule has 2 aliphatic heterocycles. The van der Waals surface area contributed by atoms with E-state index in [-0.39, 0.29) is 0 Å². The van der Waals surface area contributed by atoms with E-state index in [2.05, 4.69) is 66.0 Å². The Labute approximate surface area is 120 Å². The van der Waals surface area contributed by atoms with Gasteiger partial charge in [-0.05, 0) is 41.5 Å². The van der Waals surface area contributed by atoms with Crippen LogP contribution in [0.25, 0.3) is 16.7 Å². The molecule has 2 aromatic carbocycles. The second kappa shape index (κ2) is 4.92. The van der Waals surface area contributed by atoms with Crippen molar-refractivity contribution in [2.45, 2.75) is 31.3 Å². The Kier molecular flexibility index (Phi) is 2.93. The predicted octanol–water partition coefficient (Wildman–Crippen LogP) is 4.26. The monoisotopic (exact) mass is 261 g/mol. The van der Waals surface area contributed by atoms with Gasteiger partial charge in [0.15, 0.2) is 0 Å². The molecule has 1 heteroatoms. The van der Waals surface area contributed by atoms with Crippen molar-refractivity contribution in [3.8, 4) is 11.1 Å². The Hall–Kier alpha value is -1.86. The molecule has 1 fully saturated rings. The zero-order chi connectivity index (χ0) is 13.4. The van der Waals surface area contributed by atoms with Gasteiger partial charge in [-0.2, -0.15) is 0 Å². The smallest absolute Gasteiger partial charge is 0.0259 e. The van der Waals surface area contributed by atoms with Crippen LogP contribution in [0.2, 0.25) is 0 Å². The van der Waals surface area contributed by atoms with E-state index in [0.717, 1.165) is 0 Å². The molecular formula is C19H19N. The van der Waals surface area contributed by atoms with E-state index in [1.54, 1.807) is 0 Å². The second-order valence-electron chi connectivity index (χ2n) is 5.86. The average molecular weight is 261 g/mol. The molecule has 0 saturated carbocycles. The molecule has 1 saturated heterocycles. The first kappa shape index (κ1) is 11.9. The SMILES string of the molecule is C1=C(c2ccccc2-c2ccccc2)CC2CCC1N2. The van der Waals surface area contributed by atoms with Gasteiger partial charge in [0.25, 0.3) is 0 Å². The van der Waals surface area contributed by atoms with Crippen molar-refractivity contribution in [3.05, 3.63) is 66.2 Å². The number of rotatable bonds is 2.